The van der Waals surface area contributed by atoms with Crippen LogP contribution in [-0.4, -0.2) is 37.2 Å². The third-order valence-electron chi connectivity index (χ3n) is 14.5. The van der Waals surface area contributed by atoms with Gasteiger partial charge in [-0.05, 0) is 31.1 Å². The van der Waals surface area contributed by atoms with Crippen molar-refractivity contribution in [2.24, 2.45) is 11.8 Å². The quantitative estimate of drug-likeness (QED) is 0.0343. The van der Waals surface area contributed by atoms with Crippen molar-refractivity contribution in [3.8, 4) is 0 Å². The van der Waals surface area contributed by atoms with E-state index in [-0.39, 0.29) is 31.1 Å². The van der Waals surface area contributed by atoms with Crippen LogP contribution in [0.25, 0.3) is 0 Å². The fourth-order valence-corrected chi connectivity index (χ4v) is 9.76. The van der Waals surface area contributed by atoms with Crippen LogP contribution in [0.2, 0.25) is 0 Å². The molecule has 0 aliphatic carbocycles. The molecule has 0 saturated carbocycles. The van der Waals surface area contributed by atoms with Crippen molar-refractivity contribution in [1.29, 1.82) is 0 Å². The second kappa shape index (κ2) is 55.7. The number of esters is 3. The van der Waals surface area contributed by atoms with Crippen LogP contribution in [0.4, 0.5) is 0 Å². The summed E-state index contributed by atoms with van der Waals surface area (Å²) in [5.74, 6) is 0.865. The number of unbranched alkanes of at least 4 members (excludes halogenated alkanes) is 42. The minimum Gasteiger partial charge on any atom is -0.462 e. The Morgan fingerprint density at radius 2 is 0.478 bits per heavy atom. The van der Waals surface area contributed by atoms with Crippen molar-refractivity contribution in [3.05, 3.63) is 0 Å². The molecular formula is C63H122O6. The number of carbonyl (C=O) groups excluding carboxylic acids is 3. The summed E-state index contributed by atoms with van der Waals surface area (Å²) in [6.07, 6.45) is 61.0. The van der Waals surface area contributed by atoms with Gasteiger partial charge in [0.25, 0.3) is 0 Å². The fourth-order valence-electron chi connectivity index (χ4n) is 9.76. The van der Waals surface area contributed by atoms with Gasteiger partial charge in [-0.25, -0.2) is 0 Å². The topological polar surface area (TPSA) is 78.9 Å². The van der Waals surface area contributed by atoms with Gasteiger partial charge in [0.2, 0.25) is 0 Å². The molecule has 0 amide bonds. The summed E-state index contributed by atoms with van der Waals surface area (Å²) in [4.78, 5) is 38.3. The molecule has 0 fully saturated rings. The number of hydrogen-bond donors (Lipinski definition) is 0. The van der Waals surface area contributed by atoms with Crippen LogP contribution < -0.4 is 0 Å². The molecule has 0 N–H and O–H groups in total. The lowest BCUT2D eigenvalue weighted by atomic mass is 10.0. The maximum absolute atomic E-state index is 12.9. The molecule has 0 unspecified atom stereocenters. The summed E-state index contributed by atoms with van der Waals surface area (Å²) in [6, 6.07) is 0. The standard InChI is InChI=1S/C63H122O6/c1-6-7-8-9-10-11-12-13-16-23-28-33-38-43-48-53-61(64)67-56-60(69-63(66)55-50-45-40-35-30-25-20-15-18-22-27-32-37-42-47-52-59(4)5)57-68-62(65)54-49-44-39-34-29-24-19-14-17-21-26-31-36-41-46-51-58(2)3/h58-60H,6-57H2,1-5H3/t60-/m1/s1. The smallest absolute Gasteiger partial charge is 0.306 e. The minimum absolute atomic E-state index is 0.0619. The molecule has 0 aromatic carbocycles. The Labute approximate surface area is 431 Å². The van der Waals surface area contributed by atoms with Crippen LogP contribution in [0.5, 0.6) is 0 Å². The van der Waals surface area contributed by atoms with Crippen molar-refractivity contribution in [1.82, 2.24) is 0 Å². The van der Waals surface area contributed by atoms with Gasteiger partial charge in [-0.3, -0.25) is 14.4 Å². The molecule has 410 valence electrons. The molecule has 0 rings (SSSR count). The van der Waals surface area contributed by atoms with Gasteiger partial charge in [-0.2, -0.15) is 0 Å². The first-order valence-electron chi connectivity index (χ1n) is 31.2. The number of carbonyl (C=O) groups is 3. The highest BCUT2D eigenvalue weighted by atomic mass is 16.6. The van der Waals surface area contributed by atoms with Gasteiger partial charge in [-0.1, -0.05) is 317 Å². The van der Waals surface area contributed by atoms with Gasteiger partial charge in [0.15, 0.2) is 6.10 Å². The molecule has 1 atom stereocenters. The van der Waals surface area contributed by atoms with Crippen LogP contribution in [0.3, 0.4) is 0 Å². The Kier molecular flexibility index (Phi) is 54.4. The zero-order valence-corrected chi connectivity index (χ0v) is 47.5. The van der Waals surface area contributed by atoms with Crippen molar-refractivity contribution in [2.45, 2.75) is 362 Å². The largest absolute Gasteiger partial charge is 0.462 e. The van der Waals surface area contributed by atoms with Crippen LogP contribution >= 0.6 is 0 Å². The van der Waals surface area contributed by atoms with Gasteiger partial charge < -0.3 is 14.2 Å². The SMILES string of the molecule is CCCCCCCCCCCCCCCCCC(=O)OC[C@H](COC(=O)CCCCCCCCCCCCCCCCCC(C)C)OC(=O)CCCCCCCCCCCCCCCCCC(C)C. The third-order valence-corrected chi connectivity index (χ3v) is 14.5. The van der Waals surface area contributed by atoms with Crippen LogP contribution in [-0.2, 0) is 28.6 Å². The second-order valence-corrected chi connectivity index (χ2v) is 22.6. The predicted molar refractivity (Wildman–Crippen MR) is 298 cm³/mol. The Hall–Kier alpha value is -1.59. The van der Waals surface area contributed by atoms with Crippen LogP contribution in [0.1, 0.15) is 356 Å². The maximum Gasteiger partial charge on any atom is 0.306 e. The van der Waals surface area contributed by atoms with E-state index in [0.29, 0.717) is 19.3 Å². The molecule has 0 aliphatic heterocycles. The first-order valence-corrected chi connectivity index (χ1v) is 31.2. The molecule has 0 aromatic heterocycles. The molecule has 0 radical (unpaired) electrons. The molecule has 0 aliphatic rings. The molecule has 0 heterocycles. The molecule has 69 heavy (non-hydrogen) atoms. The highest BCUT2D eigenvalue weighted by Gasteiger charge is 2.19. The van der Waals surface area contributed by atoms with E-state index >= 15 is 0 Å². The van der Waals surface area contributed by atoms with Gasteiger partial charge in [-0.15, -0.1) is 0 Å². The lowest BCUT2D eigenvalue weighted by molar-refractivity contribution is -0.167. The normalized spacial score (nSPS) is 12.0. The second-order valence-electron chi connectivity index (χ2n) is 22.6. The summed E-state index contributed by atoms with van der Waals surface area (Å²) >= 11 is 0. The van der Waals surface area contributed by atoms with E-state index in [1.807, 2.05) is 0 Å². The summed E-state index contributed by atoms with van der Waals surface area (Å²) in [7, 11) is 0. The lowest BCUT2D eigenvalue weighted by Gasteiger charge is -2.18. The average Bonchev–Trinajstić information content (AvgIpc) is 3.32. The summed E-state index contributed by atoms with van der Waals surface area (Å²) in [5, 5.41) is 0. The highest BCUT2D eigenvalue weighted by molar-refractivity contribution is 5.71. The fraction of sp³-hybridized carbons (Fsp3) is 0.952. The molecule has 0 bridgehead atoms. The van der Waals surface area contributed by atoms with Gasteiger partial charge >= 0.3 is 17.9 Å². The highest BCUT2D eigenvalue weighted by Crippen LogP contribution is 2.19. The first-order chi connectivity index (χ1) is 33.7. The third kappa shape index (κ3) is 57.2. The van der Waals surface area contributed by atoms with Crippen molar-refractivity contribution in [3.63, 3.8) is 0 Å². The Morgan fingerprint density at radius 3 is 0.710 bits per heavy atom. The summed E-state index contributed by atoms with van der Waals surface area (Å²) in [5.41, 5.74) is 0. The first kappa shape index (κ1) is 67.4. The Bertz CT molecular complexity index is 1060. The monoisotopic (exact) mass is 975 g/mol. The zero-order chi connectivity index (χ0) is 50.4. The van der Waals surface area contributed by atoms with E-state index in [4.69, 9.17) is 14.2 Å². The number of ether oxygens (including phenoxy) is 3. The maximum atomic E-state index is 12.9. The van der Waals surface area contributed by atoms with E-state index in [9.17, 15) is 14.4 Å². The Balaban J connectivity index is 4.29. The molecular weight excluding hydrogens is 853 g/mol. The molecule has 6 heteroatoms. The summed E-state index contributed by atoms with van der Waals surface area (Å²) < 4.78 is 16.9. The van der Waals surface area contributed by atoms with E-state index < -0.39 is 6.10 Å². The number of hydrogen-bond acceptors (Lipinski definition) is 6. The van der Waals surface area contributed by atoms with Gasteiger partial charge in [0, 0.05) is 19.3 Å². The summed E-state index contributed by atoms with van der Waals surface area (Å²) in [6.45, 7) is 11.5. The number of rotatable bonds is 57. The molecule has 0 aromatic rings. The Morgan fingerprint density at radius 1 is 0.275 bits per heavy atom. The lowest BCUT2D eigenvalue weighted by Crippen LogP contribution is -2.30. The van der Waals surface area contributed by atoms with Gasteiger partial charge in [0.1, 0.15) is 13.2 Å². The van der Waals surface area contributed by atoms with E-state index in [1.165, 1.54) is 244 Å². The van der Waals surface area contributed by atoms with E-state index in [2.05, 4.69) is 34.6 Å². The average molecular weight is 976 g/mol. The van der Waals surface area contributed by atoms with Crippen LogP contribution in [0.15, 0.2) is 0 Å². The zero-order valence-electron chi connectivity index (χ0n) is 47.5. The predicted octanol–water partition coefficient (Wildman–Crippen LogP) is 20.8. The minimum atomic E-state index is -0.763. The van der Waals surface area contributed by atoms with Crippen molar-refractivity contribution >= 4 is 17.9 Å². The van der Waals surface area contributed by atoms with E-state index in [1.54, 1.807) is 0 Å². The van der Waals surface area contributed by atoms with Crippen LogP contribution in [0, 0.1) is 11.8 Å². The molecule has 6 nitrogen and oxygen atoms in total. The molecule has 0 saturated heterocycles. The van der Waals surface area contributed by atoms with E-state index in [0.717, 1.165) is 69.6 Å². The van der Waals surface area contributed by atoms with Crippen molar-refractivity contribution < 1.29 is 28.6 Å². The van der Waals surface area contributed by atoms with Crippen molar-refractivity contribution in [2.75, 3.05) is 13.2 Å². The van der Waals surface area contributed by atoms with Gasteiger partial charge in [0.05, 0.1) is 0 Å². The molecule has 0 spiro atoms.